The predicted octanol–water partition coefficient (Wildman–Crippen LogP) is 8.58. The van der Waals surface area contributed by atoms with Gasteiger partial charge in [-0.3, -0.25) is 0 Å². The van der Waals surface area contributed by atoms with Crippen molar-refractivity contribution in [3.05, 3.63) is 65.7 Å². The maximum atomic E-state index is 12.3. The van der Waals surface area contributed by atoms with Gasteiger partial charge in [-0.1, -0.05) is 75.8 Å². The van der Waals surface area contributed by atoms with Crippen LogP contribution in [0, 0.1) is 11.8 Å². The molecule has 0 aliphatic heterocycles. The number of benzene rings is 2. The number of ether oxygens (including phenoxy) is 1. The zero-order valence-electron chi connectivity index (χ0n) is 19.9. The second kappa shape index (κ2) is 13.3. The fraction of sp³-hybridized carbons (Fsp3) is 0.500. The molecule has 2 aromatic carbocycles. The maximum Gasteiger partial charge on any atom is 0.573 e. The minimum absolute atomic E-state index is 0.250. The Kier molecular flexibility index (Phi) is 10.2. The van der Waals surface area contributed by atoms with Gasteiger partial charge in [0.15, 0.2) is 0 Å². The van der Waals surface area contributed by atoms with E-state index in [2.05, 4.69) is 34.0 Å². The summed E-state index contributed by atoms with van der Waals surface area (Å²) in [6.07, 6.45) is 9.58. The molecule has 2 aromatic rings. The predicted molar refractivity (Wildman–Crippen MR) is 133 cm³/mol. The zero-order chi connectivity index (χ0) is 24.2. The number of hydrogen-bond acceptors (Lipinski definition) is 3. The Morgan fingerprint density at radius 2 is 1.59 bits per heavy atom. The van der Waals surface area contributed by atoms with Gasteiger partial charge in [-0.05, 0) is 67.0 Å². The molecule has 6 heteroatoms. The van der Waals surface area contributed by atoms with Crippen LogP contribution in [0.25, 0.3) is 0 Å². The summed E-state index contributed by atoms with van der Waals surface area (Å²) in [4.78, 5) is 0. The molecule has 0 radical (unpaired) electrons. The molecule has 0 amide bonds. The van der Waals surface area contributed by atoms with Crippen LogP contribution in [0.15, 0.2) is 64.8 Å². The molecule has 0 N–H and O–H groups in total. The molecule has 34 heavy (non-hydrogen) atoms. The Morgan fingerprint density at radius 1 is 0.912 bits per heavy atom. The monoisotopic (exact) mass is 472 g/mol. The van der Waals surface area contributed by atoms with E-state index in [9.17, 15) is 13.2 Å². The highest BCUT2D eigenvalue weighted by Crippen LogP contribution is 2.34. The Balaban J connectivity index is 1.61. The Hall–Kier alpha value is -2.63. The van der Waals surface area contributed by atoms with E-state index in [-0.39, 0.29) is 5.75 Å². The van der Waals surface area contributed by atoms with E-state index in [1.165, 1.54) is 75.6 Å². The Labute approximate surface area is 201 Å². The first-order valence-corrected chi connectivity index (χ1v) is 12.5. The van der Waals surface area contributed by atoms with Crippen molar-refractivity contribution in [2.24, 2.45) is 22.0 Å². The van der Waals surface area contributed by atoms with Crippen LogP contribution < -0.4 is 4.74 Å². The van der Waals surface area contributed by atoms with Crippen molar-refractivity contribution in [2.75, 3.05) is 0 Å². The summed E-state index contributed by atoms with van der Waals surface area (Å²) in [6, 6.07) is 15.8. The van der Waals surface area contributed by atoms with E-state index < -0.39 is 6.36 Å². The standard InChI is InChI=1S/C28H35F3N2O/c1-2-3-4-5-7-10-22-13-17-25(18-14-22)27(24-11-8-6-9-12-24)33-32-21-23-15-19-26(20-16-23)34-28(29,30)31/h6,8-9,11-12,15-16,19-22,25H,2-5,7,10,13-14,17-18H2,1H3. The molecular formula is C28H35F3N2O. The van der Waals surface area contributed by atoms with Gasteiger partial charge >= 0.3 is 6.36 Å². The largest absolute Gasteiger partial charge is 0.573 e. The molecule has 0 bridgehead atoms. The van der Waals surface area contributed by atoms with Crippen molar-refractivity contribution < 1.29 is 17.9 Å². The van der Waals surface area contributed by atoms with Crippen LogP contribution >= 0.6 is 0 Å². The van der Waals surface area contributed by atoms with E-state index in [4.69, 9.17) is 0 Å². The molecule has 1 fully saturated rings. The van der Waals surface area contributed by atoms with Crippen LogP contribution in [-0.4, -0.2) is 18.3 Å². The lowest BCUT2D eigenvalue weighted by Crippen LogP contribution is -2.22. The summed E-state index contributed by atoms with van der Waals surface area (Å²) in [6.45, 7) is 2.25. The highest BCUT2D eigenvalue weighted by Gasteiger charge is 2.31. The molecule has 0 aromatic heterocycles. The van der Waals surface area contributed by atoms with Crippen LogP contribution in [0.5, 0.6) is 5.75 Å². The van der Waals surface area contributed by atoms with Gasteiger partial charge < -0.3 is 4.74 Å². The van der Waals surface area contributed by atoms with Gasteiger partial charge in [0.05, 0.1) is 11.9 Å². The van der Waals surface area contributed by atoms with Gasteiger partial charge in [0, 0.05) is 5.92 Å². The van der Waals surface area contributed by atoms with Gasteiger partial charge in [-0.15, -0.1) is 13.2 Å². The Morgan fingerprint density at radius 3 is 2.24 bits per heavy atom. The van der Waals surface area contributed by atoms with E-state index >= 15 is 0 Å². The van der Waals surface area contributed by atoms with Crippen LogP contribution in [0.4, 0.5) is 13.2 Å². The third-order valence-corrected chi connectivity index (χ3v) is 6.50. The average molecular weight is 473 g/mol. The summed E-state index contributed by atoms with van der Waals surface area (Å²) in [5, 5.41) is 8.89. The molecule has 3 rings (SSSR count). The van der Waals surface area contributed by atoms with Gasteiger partial charge in [-0.25, -0.2) is 0 Å². The van der Waals surface area contributed by atoms with E-state index in [1.54, 1.807) is 6.21 Å². The smallest absolute Gasteiger partial charge is 0.406 e. The molecule has 0 saturated heterocycles. The summed E-state index contributed by atoms with van der Waals surface area (Å²) >= 11 is 0. The third kappa shape index (κ3) is 8.96. The van der Waals surface area contributed by atoms with Crippen molar-refractivity contribution in [2.45, 2.75) is 77.5 Å². The average Bonchev–Trinajstić information content (AvgIpc) is 2.83. The minimum atomic E-state index is -4.70. The lowest BCUT2D eigenvalue weighted by atomic mass is 9.76. The van der Waals surface area contributed by atoms with E-state index in [1.807, 2.05) is 18.2 Å². The third-order valence-electron chi connectivity index (χ3n) is 6.50. The minimum Gasteiger partial charge on any atom is -0.406 e. The first kappa shape index (κ1) is 26.0. The number of nitrogens with zero attached hydrogens (tertiary/aromatic N) is 2. The molecule has 0 spiro atoms. The number of hydrogen-bond donors (Lipinski definition) is 0. The van der Waals surface area contributed by atoms with E-state index in [0.717, 1.165) is 30.0 Å². The van der Waals surface area contributed by atoms with Crippen molar-refractivity contribution in [1.29, 1.82) is 0 Å². The number of alkyl halides is 3. The normalized spacial score (nSPS) is 19.5. The molecule has 3 nitrogen and oxygen atoms in total. The van der Waals surface area contributed by atoms with Crippen LogP contribution in [-0.2, 0) is 0 Å². The quantitative estimate of drug-likeness (QED) is 0.183. The highest BCUT2D eigenvalue weighted by atomic mass is 19.4. The summed E-state index contributed by atoms with van der Waals surface area (Å²) in [7, 11) is 0. The first-order valence-electron chi connectivity index (χ1n) is 12.5. The van der Waals surface area contributed by atoms with Gasteiger partial charge in [0.1, 0.15) is 5.75 Å². The molecule has 1 saturated carbocycles. The lowest BCUT2D eigenvalue weighted by Gasteiger charge is -2.29. The molecule has 1 aliphatic rings. The topological polar surface area (TPSA) is 34.0 Å². The number of halogens is 3. The first-order chi connectivity index (χ1) is 16.4. The second-order valence-corrected chi connectivity index (χ2v) is 9.13. The van der Waals surface area contributed by atoms with Gasteiger partial charge in [-0.2, -0.15) is 10.2 Å². The number of unbranched alkanes of at least 4 members (excludes halogenated alkanes) is 4. The summed E-state index contributed by atoms with van der Waals surface area (Å²) in [5.74, 6) is 0.939. The van der Waals surface area contributed by atoms with Crippen LogP contribution in [0.2, 0.25) is 0 Å². The van der Waals surface area contributed by atoms with Gasteiger partial charge in [0.2, 0.25) is 0 Å². The van der Waals surface area contributed by atoms with Crippen molar-refractivity contribution in [3.63, 3.8) is 0 Å². The van der Waals surface area contributed by atoms with E-state index in [0.29, 0.717) is 11.5 Å². The summed E-state index contributed by atoms with van der Waals surface area (Å²) in [5.41, 5.74) is 2.74. The van der Waals surface area contributed by atoms with Crippen molar-refractivity contribution in [3.8, 4) is 5.75 Å². The SMILES string of the molecule is CCCCCCCC1CCC(C(=NN=Cc2ccc(OC(F)(F)F)cc2)c2ccccc2)CC1. The highest BCUT2D eigenvalue weighted by molar-refractivity contribution is 6.02. The zero-order valence-corrected chi connectivity index (χ0v) is 19.9. The molecular weight excluding hydrogens is 437 g/mol. The molecule has 0 heterocycles. The van der Waals surface area contributed by atoms with Crippen LogP contribution in [0.1, 0.15) is 82.3 Å². The number of rotatable bonds is 11. The maximum absolute atomic E-state index is 12.3. The second-order valence-electron chi connectivity index (χ2n) is 9.13. The van der Waals surface area contributed by atoms with Crippen LogP contribution in [0.3, 0.4) is 0 Å². The molecule has 0 unspecified atom stereocenters. The molecule has 1 aliphatic carbocycles. The van der Waals surface area contributed by atoms with Gasteiger partial charge in [0.25, 0.3) is 0 Å². The molecule has 184 valence electrons. The summed E-state index contributed by atoms with van der Waals surface area (Å²) < 4.78 is 40.9. The Bertz CT molecular complexity index is 899. The molecule has 0 atom stereocenters. The lowest BCUT2D eigenvalue weighted by molar-refractivity contribution is -0.274. The fourth-order valence-electron chi connectivity index (χ4n) is 4.66. The fourth-order valence-corrected chi connectivity index (χ4v) is 4.66. The van der Waals surface area contributed by atoms with Crippen molar-refractivity contribution in [1.82, 2.24) is 0 Å². The van der Waals surface area contributed by atoms with Crippen molar-refractivity contribution >= 4 is 11.9 Å².